The zero-order valence-corrected chi connectivity index (χ0v) is 12.7. The van der Waals surface area contributed by atoms with Crippen LogP contribution in [0.5, 0.6) is 5.75 Å². The third-order valence-electron chi connectivity index (χ3n) is 3.07. The molecule has 1 aromatic rings. The van der Waals surface area contributed by atoms with Crippen molar-refractivity contribution >= 4 is 14.6 Å². The number of hydrogen-bond acceptors (Lipinski definition) is 2. The lowest BCUT2D eigenvalue weighted by molar-refractivity contribution is 0.294. The summed E-state index contributed by atoms with van der Waals surface area (Å²) in [5, 5.41) is 0. The van der Waals surface area contributed by atoms with E-state index in [2.05, 4.69) is 20.4 Å². The van der Waals surface area contributed by atoms with Crippen LogP contribution >= 0.6 is 0 Å². The molecule has 2 nitrogen and oxygen atoms in total. The van der Waals surface area contributed by atoms with E-state index in [0.717, 1.165) is 36.2 Å². The Morgan fingerprint density at radius 3 is 2.28 bits per heavy atom. The van der Waals surface area contributed by atoms with Gasteiger partial charge in [0, 0.05) is 24.8 Å². The molecule has 0 unspecified atom stereocenters. The van der Waals surface area contributed by atoms with E-state index in [0.29, 0.717) is 0 Å². The van der Waals surface area contributed by atoms with E-state index < -0.39 is 8.56 Å². The Hall–Kier alpha value is -1.06. The van der Waals surface area contributed by atoms with E-state index in [4.69, 9.17) is 8.85 Å². The molecule has 1 rings (SSSR count). The molecule has 0 heterocycles. The number of benzene rings is 1. The molecule has 0 radical (unpaired) electrons. The zero-order chi connectivity index (χ0) is 13.4. The second kappa shape index (κ2) is 7.39. The Labute approximate surface area is 112 Å². The van der Waals surface area contributed by atoms with Crippen molar-refractivity contribution in [2.24, 2.45) is 0 Å². The Bertz CT molecular complexity index is 371. The first-order valence-corrected chi connectivity index (χ1v) is 8.90. The van der Waals surface area contributed by atoms with Crippen LogP contribution in [0.15, 0.2) is 30.8 Å². The van der Waals surface area contributed by atoms with Gasteiger partial charge in [-0.3, -0.25) is 0 Å². The molecule has 3 heteroatoms. The zero-order valence-electron chi connectivity index (χ0n) is 11.7. The topological polar surface area (TPSA) is 18.5 Å². The van der Waals surface area contributed by atoms with Gasteiger partial charge in [0.05, 0.1) is 0 Å². The van der Waals surface area contributed by atoms with Crippen LogP contribution in [0.3, 0.4) is 0 Å². The average molecular weight is 264 g/mol. The lowest BCUT2D eigenvalue weighted by atomic mass is 10.2. The summed E-state index contributed by atoms with van der Waals surface area (Å²) in [6.45, 7) is 8.19. The van der Waals surface area contributed by atoms with Gasteiger partial charge in [-0.05, 0) is 6.07 Å². The summed E-state index contributed by atoms with van der Waals surface area (Å²) in [7, 11) is -0.320. The summed E-state index contributed by atoms with van der Waals surface area (Å²) in [5.41, 5.74) is 1.04. The fourth-order valence-corrected chi connectivity index (χ4v) is 5.23. The molecule has 0 atom stereocenters. The summed E-state index contributed by atoms with van der Waals surface area (Å²) in [5.74, 6) is 0.905. The predicted octanol–water partition coefficient (Wildman–Crippen LogP) is 4.62. The fourth-order valence-electron chi connectivity index (χ4n) is 2.18. The van der Waals surface area contributed by atoms with Gasteiger partial charge in [-0.2, -0.15) is 0 Å². The lowest BCUT2D eigenvalue weighted by Gasteiger charge is -2.30. The molecular formula is C15H24O2Si. The highest BCUT2D eigenvalue weighted by molar-refractivity contribution is 6.68. The molecule has 0 amide bonds. The molecule has 0 aliphatic carbocycles. The van der Waals surface area contributed by atoms with Crippen LogP contribution < -0.4 is 4.43 Å². The maximum atomic E-state index is 6.30. The molecular weight excluding hydrogens is 240 g/mol. The molecule has 0 bridgehead atoms. The second-order valence-electron chi connectivity index (χ2n) is 4.46. The van der Waals surface area contributed by atoms with Crippen molar-refractivity contribution in [2.75, 3.05) is 7.11 Å². The average Bonchev–Trinajstić information content (AvgIpc) is 2.40. The highest BCUT2D eigenvalue weighted by Gasteiger charge is 2.37. The summed E-state index contributed by atoms with van der Waals surface area (Å²) >= 11 is 0. The van der Waals surface area contributed by atoms with E-state index in [1.54, 1.807) is 7.11 Å². The smallest absolute Gasteiger partial charge is 0.398 e. The minimum absolute atomic E-state index is 0.905. The van der Waals surface area contributed by atoms with E-state index in [1.165, 1.54) is 0 Å². The van der Waals surface area contributed by atoms with Gasteiger partial charge in [-0.15, -0.1) is 0 Å². The highest BCUT2D eigenvalue weighted by atomic mass is 28.4. The fraction of sp³-hybridized carbons (Fsp3) is 0.467. The summed E-state index contributed by atoms with van der Waals surface area (Å²) in [6.07, 6.45) is 4.02. The highest BCUT2D eigenvalue weighted by Crippen LogP contribution is 2.28. The summed E-state index contributed by atoms with van der Waals surface area (Å²) in [4.78, 5) is 0. The van der Waals surface area contributed by atoms with Gasteiger partial charge in [-0.1, -0.05) is 57.5 Å². The monoisotopic (exact) mass is 264 g/mol. The largest absolute Gasteiger partial charge is 0.520 e. The first kappa shape index (κ1) is 15.0. The van der Waals surface area contributed by atoms with Gasteiger partial charge in [0.15, 0.2) is 0 Å². The van der Waals surface area contributed by atoms with Crippen LogP contribution in [-0.2, 0) is 4.43 Å². The van der Waals surface area contributed by atoms with Crippen molar-refractivity contribution < 1.29 is 8.85 Å². The summed E-state index contributed by atoms with van der Waals surface area (Å²) < 4.78 is 12.1. The Kier molecular flexibility index (Phi) is 6.16. The Morgan fingerprint density at radius 1 is 1.17 bits per heavy atom. The van der Waals surface area contributed by atoms with E-state index in [9.17, 15) is 0 Å². The first-order chi connectivity index (χ1) is 8.71. The van der Waals surface area contributed by atoms with Crippen LogP contribution in [-0.4, -0.2) is 15.7 Å². The minimum Gasteiger partial charge on any atom is -0.520 e. The SMILES string of the molecule is C=Cc1ccccc1O[Si](CCC)(CCC)OC. The molecule has 100 valence electrons. The maximum Gasteiger partial charge on any atom is 0.398 e. The van der Waals surface area contributed by atoms with Crippen molar-refractivity contribution in [3.05, 3.63) is 36.4 Å². The summed E-state index contributed by atoms with van der Waals surface area (Å²) in [6, 6.07) is 10.1. The quantitative estimate of drug-likeness (QED) is 0.638. The van der Waals surface area contributed by atoms with Crippen molar-refractivity contribution in [3.63, 3.8) is 0 Å². The third-order valence-corrected chi connectivity index (χ3v) is 6.93. The van der Waals surface area contributed by atoms with Crippen LogP contribution in [0.4, 0.5) is 0 Å². The van der Waals surface area contributed by atoms with Gasteiger partial charge in [0.25, 0.3) is 0 Å². The molecule has 18 heavy (non-hydrogen) atoms. The normalized spacial score (nSPS) is 11.3. The van der Waals surface area contributed by atoms with Crippen LogP contribution in [0.1, 0.15) is 32.3 Å². The van der Waals surface area contributed by atoms with Crippen molar-refractivity contribution in [1.82, 2.24) is 0 Å². The molecule has 0 saturated carbocycles. The molecule has 1 aromatic carbocycles. The van der Waals surface area contributed by atoms with Crippen molar-refractivity contribution in [1.29, 1.82) is 0 Å². The first-order valence-electron chi connectivity index (χ1n) is 6.67. The molecule has 0 fully saturated rings. The van der Waals surface area contributed by atoms with Crippen LogP contribution in [0.25, 0.3) is 6.08 Å². The van der Waals surface area contributed by atoms with Crippen molar-refractivity contribution in [3.8, 4) is 5.75 Å². The Balaban J connectivity index is 2.97. The van der Waals surface area contributed by atoms with Crippen LogP contribution in [0, 0.1) is 0 Å². The van der Waals surface area contributed by atoms with Gasteiger partial charge >= 0.3 is 8.56 Å². The molecule has 0 aliphatic heterocycles. The Morgan fingerprint density at radius 2 is 1.78 bits per heavy atom. The lowest BCUT2D eigenvalue weighted by Crippen LogP contribution is -2.44. The van der Waals surface area contributed by atoms with Crippen LogP contribution in [0.2, 0.25) is 12.1 Å². The predicted molar refractivity (Wildman–Crippen MR) is 80.1 cm³/mol. The van der Waals surface area contributed by atoms with Gasteiger partial charge in [0.2, 0.25) is 0 Å². The number of para-hydroxylation sites is 1. The molecule has 0 saturated heterocycles. The van der Waals surface area contributed by atoms with E-state index in [-0.39, 0.29) is 0 Å². The second-order valence-corrected chi connectivity index (χ2v) is 7.89. The van der Waals surface area contributed by atoms with Gasteiger partial charge in [-0.25, -0.2) is 0 Å². The van der Waals surface area contributed by atoms with Gasteiger partial charge in [0.1, 0.15) is 5.75 Å². The molecule has 0 aliphatic rings. The molecule has 0 N–H and O–H groups in total. The van der Waals surface area contributed by atoms with Crippen molar-refractivity contribution in [2.45, 2.75) is 38.8 Å². The minimum atomic E-state index is -2.11. The van der Waals surface area contributed by atoms with E-state index in [1.807, 2.05) is 30.3 Å². The molecule has 0 aromatic heterocycles. The number of hydrogen-bond donors (Lipinski definition) is 0. The standard InChI is InChI=1S/C15H24O2Si/c1-5-12-18(16-4,13-6-2)17-15-11-9-8-10-14(15)7-3/h7-11H,3,5-6,12-13H2,1-2,4H3. The van der Waals surface area contributed by atoms with Gasteiger partial charge < -0.3 is 8.85 Å². The molecule has 0 spiro atoms. The maximum absolute atomic E-state index is 6.30. The number of rotatable bonds is 8. The third kappa shape index (κ3) is 3.72. The van der Waals surface area contributed by atoms with E-state index >= 15 is 0 Å².